The number of ether oxygens (including phenoxy) is 1. The van der Waals surface area contributed by atoms with Crippen molar-refractivity contribution in [3.8, 4) is 5.75 Å². The third-order valence-electron chi connectivity index (χ3n) is 2.43. The molecule has 0 spiro atoms. The molecule has 0 atom stereocenters. The van der Waals surface area contributed by atoms with Crippen molar-refractivity contribution in [1.82, 2.24) is 0 Å². The summed E-state index contributed by atoms with van der Waals surface area (Å²) in [6, 6.07) is 3.63. The highest BCUT2D eigenvalue weighted by Crippen LogP contribution is 2.33. The quantitative estimate of drug-likeness (QED) is 0.861. The van der Waals surface area contributed by atoms with Gasteiger partial charge in [-0.05, 0) is 38.0 Å². The molecule has 1 aromatic rings. The smallest absolute Gasteiger partial charge is 0.123 e. The lowest BCUT2D eigenvalue weighted by Crippen LogP contribution is -2.15. The third-order valence-corrected chi connectivity index (χ3v) is 2.77. The molecule has 0 bridgehead atoms. The Morgan fingerprint density at radius 3 is 2.40 bits per heavy atom. The van der Waals surface area contributed by atoms with Crippen LogP contribution in [0.5, 0.6) is 5.75 Å². The van der Waals surface area contributed by atoms with E-state index in [0.717, 1.165) is 23.3 Å². The van der Waals surface area contributed by atoms with Crippen LogP contribution in [-0.4, -0.2) is 12.2 Å². The van der Waals surface area contributed by atoms with Crippen LogP contribution in [0.2, 0.25) is 5.02 Å². The van der Waals surface area contributed by atoms with Crippen molar-refractivity contribution in [2.75, 3.05) is 7.11 Å². The molecule has 0 aromatic heterocycles. The maximum absolute atomic E-state index is 9.88. The van der Waals surface area contributed by atoms with Crippen LogP contribution in [0.4, 0.5) is 0 Å². The molecular weight excluding hydrogens is 212 g/mol. The second-order valence-corrected chi connectivity index (χ2v) is 4.46. The number of methoxy groups -OCH3 is 1. The number of hydrogen-bond donors (Lipinski definition) is 1. The largest absolute Gasteiger partial charge is 0.496 e. The van der Waals surface area contributed by atoms with Gasteiger partial charge < -0.3 is 9.84 Å². The standard InChI is InChI=1S/C12H17ClO2/c1-5-9-10(13)6-8(12(2,3)14)7-11(9)15-4/h6-7,14H,5H2,1-4H3. The number of aliphatic hydroxyl groups is 1. The van der Waals surface area contributed by atoms with Crippen molar-refractivity contribution in [2.45, 2.75) is 32.8 Å². The van der Waals surface area contributed by atoms with Crippen LogP contribution in [0.3, 0.4) is 0 Å². The zero-order valence-electron chi connectivity index (χ0n) is 9.60. The first-order chi connectivity index (χ1) is 6.90. The number of halogens is 1. The molecule has 0 saturated carbocycles. The topological polar surface area (TPSA) is 29.5 Å². The van der Waals surface area contributed by atoms with Crippen LogP contribution < -0.4 is 4.74 Å². The molecule has 0 fully saturated rings. The molecule has 0 heterocycles. The Morgan fingerprint density at radius 1 is 1.40 bits per heavy atom. The van der Waals surface area contributed by atoms with E-state index < -0.39 is 5.60 Å². The van der Waals surface area contributed by atoms with Gasteiger partial charge >= 0.3 is 0 Å². The second kappa shape index (κ2) is 4.42. The van der Waals surface area contributed by atoms with E-state index >= 15 is 0 Å². The summed E-state index contributed by atoms with van der Waals surface area (Å²) in [5, 5.41) is 10.5. The van der Waals surface area contributed by atoms with Crippen molar-refractivity contribution in [3.63, 3.8) is 0 Å². The van der Waals surface area contributed by atoms with Gasteiger partial charge in [-0.15, -0.1) is 0 Å². The summed E-state index contributed by atoms with van der Waals surface area (Å²) >= 11 is 6.13. The van der Waals surface area contributed by atoms with Crippen molar-refractivity contribution in [3.05, 3.63) is 28.3 Å². The van der Waals surface area contributed by atoms with Crippen LogP contribution in [0.15, 0.2) is 12.1 Å². The minimum absolute atomic E-state index is 0.647. The Balaban J connectivity index is 3.32. The Labute approximate surface area is 95.8 Å². The molecule has 0 amide bonds. The number of benzene rings is 1. The zero-order valence-corrected chi connectivity index (χ0v) is 10.4. The normalized spacial score (nSPS) is 11.6. The SMILES string of the molecule is CCc1c(Cl)cc(C(C)(C)O)cc1OC. The summed E-state index contributed by atoms with van der Waals surface area (Å²) in [5.74, 6) is 0.738. The van der Waals surface area contributed by atoms with E-state index in [9.17, 15) is 5.11 Å². The summed E-state index contributed by atoms with van der Waals surface area (Å²) in [5.41, 5.74) is 0.845. The molecule has 0 aliphatic carbocycles. The maximum atomic E-state index is 9.88. The Morgan fingerprint density at radius 2 is 2.00 bits per heavy atom. The van der Waals surface area contributed by atoms with Crippen LogP contribution >= 0.6 is 11.6 Å². The highest BCUT2D eigenvalue weighted by Gasteiger charge is 2.19. The highest BCUT2D eigenvalue weighted by molar-refractivity contribution is 6.31. The molecule has 84 valence electrons. The number of rotatable bonds is 3. The van der Waals surface area contributed by atoms with Gasteiger partial charge in [0.05, 0.1) is 12.7 Å². The zero-order chi connectivity index (χ0) is 11.6. The summed E-state index contributed by atoms with van der Waals surface area (Å²) in [7, 11) is 1.61. The summed E-state index contributed by atoms with van der Waals surface area (Å²) in [6.45, 7) is 5.47. The minimum atomic E-state index is -0.900. The Kier molecular flexibility index (Phi) is 3.63. The van der Waals surface area contributed by atoms with E-state index in [1.165, 1.54) is 0 Å². The lowest BCUT2D eigenvalue weighted by atomic mass is 9.96. The molecule has 15 heavy (non-hydrogen) atoms. The van der Waals surface area contributed by atoms with Crippen LogP contribution in [0.25, 0.3) is 0 Å². The van der Waals surface area contributed by atoms with Crippen molar-refractivity contribution in [2.24, 2.45) is 0 Å². The fourth-order valence-electron chi connectivity index (χ4n) is 1.49. The first-order valence-corrected chi connectivity index (χ1v) is 5.37. The highest BCUT2D eigenvalue weighted by atomic mass is 35.5. The molecule has 1 aromatic carbocycles. The first kappa shape index (κ1) is 12.3. The first-order valence-electron chi connectivity index (χ1n) is 4.99. The van der Waals surface area contributed by atoms with Gasteiger partial charge in [0.2, 0.25) is 0 Å². The van der Waals surface area contributed by atoms with E-state index in [1.807, 2.05) is 13.0 Å². The summed E-state index contributed by atoms with van der Waals surface area (Å²) in [6.07, 6.45) is 0.814. The molecule has 1 rings (SSSR count). The van der Waals surface area contributed by atoms with Gasteiger partial charge in [-0.3, -0.25) is 0 Å². The van der Waals surface area contributed by atoms with Crippen molar-refractivity contribution in [1.29, 1.82) is 0 Å². The van der Waals surface area contributed by atoms with Crippen LogP contribution in [0, 0.1) is 0 Å². The van der Waals surface area contributed by atoms with E-state index in [2.05, 4.69) is 0 Å². The van der Waals surface area contributed by atoms with Gasteiger partial charge in [-0.1, -0.05) is 18.5 Å². The summed E-state index contributed by atoms with van der Waals surface area (Å²) in [4.78, 5) is 0. The molecular formula is C12H17ClO2. The minimum Gasteiger partial charge on any atom is -0.496 e. The van der Waals surface area contributed by atoms with Gasteiger partial charge in [0.1, 0.15) is 5.75 Å². The van der Waals surface area contributed by atoms with Crippen LogP contribution in [0.1, 0.15) is 31.9 Å². The van der Waals surface area contributed by atoms with Gasteiger partial charge in [0, 0.05) is 10.6 Å². The second-order valence-electron chi connectivity index (χ2n) is 4.05. The fraction of sp³-hybridized carbons (Fsp3) is 0.500. The lowest BCUT2D eigenvalue weighted by molar-refractivity contribution is 0.0783. The fourth-order valence-corrected chi connectivity index (χ4v) is 1.83. The third kappa shape index (κ3) is 2.64. The van der Waals surface area contributed by atoms with Gasteiger partial charge in [0.15, 0.2) is 0 Å². The van der Waals surface area contributed by atoms with E-state index in [-0.39, 0.29) is 0 Å². The van der Waals surface area contributed by atoms with E-state index in [4.69, 9.17) is 16.3 Å². The van der Waals surface area contributed by atoms with Crippen molar-refractivity contribution >= 4 is 11.6 Å². The molecule has 0 saturated heterocycles. The monoisotopic (exact) mass is 228 g/mol. The predicted molar refractivity (Wildman–Crippen MR) is 62.6 cm³/mol. The Hall–Kier alpha value is -0.730. The van der Waals surface area contributed by atoms with Crippen LogP contribution in [-0.2, 0) is 12.0 Å². The molecule has 0 radical (unpaired) electrons. The molecule has 0 aliphatic rings. The van der Waals surface area contributed by atoms with Gasteiger partial charge in [0.25, 0.3) is 0 Å². The predicted octanol–water partition coefficient (Wildman–Crippen LogP) is 3.14. The average Bonchev–Trinajstić information content (AvgIpc) is 2.15. The molecule has 3 heteroatoms. The van der Waals surface area contributed by atoms with Crippen molar-refractivity contribution < 1.29 is 9.84 Å². The van der Waals surface area contributed by atoms with Gasteiger partial charge in [-0.2, -0.15) is 0 Å². The molecule has 0 aliphatic heterocycles. The maximum Gasteiger partial charge on any atom is 0.123 e. The average molecular weight is 229 g/mol. The summed E-state index contributed by atoms with van der Waals surface area (Å²) < 4.78 is 5.26. The molecule has 0 unspecified atom stereocenters. The van der Waals surface area contributed by atoms with Gasteiger partial charge in [-0.25, -0.2) is 0 Å². The van der Waals surface area contributed by atoms with E-state index in [1.54, 1.807) is 27.0 Å². The molecule has 1 N–H and O–H groups in total. The Bertz CT molecular complexity index is 353. The molecule has 2 nitrogen and oxygen atoms in total. The van der Waals surface area contributed by atoms with E-state index in [0.29, 0.717) is 5.02 Å². The number of hydrogen-bond acceptors (Lipinski definition) is 2. The lowest BCUT2D eigenvalue weighted by Gasteiger charge is -2.20.